The average molecular weight is 560 g/mol. The number of amides is 1. The highest BCUT2D eigenvalue weighted by Crippen LogP contribution is 2.58. The number of ether oxygens (including phenoxy) is 1. The fourth-order valence-electron chi connectivity index (χ4n) is 7.28. The SMILES string of the molecule is COC(=O)[C@]1(C)CCC[C@]2(C)c3ccc(C(C)C)c(NC(=O)Cn4cc(-c5ccc([N+](=O)[O-])cc5)nn4)c3CC[C@@H]12. The third-order valence-electron chi connectivity index (χ3n) is 9.33. The number of nitro benzene ring substituents is 1. The molecule has 41 heavy (non-hydrogen) atoms. The average Bonchev–Trinajstić information content (AvgIpc) is 3.40. The van der Waals surface area contributed by atoms with Gasteiger partial charge in [-0.25, -0.2) is 4.68 Å². The zero-order valence-corrected chi connectivity index (χ0v) is 24.3. The number of benzene rings is 2. The highest BCUT2D eigenvalue weighted by molar-refractivity contribution is 5.93. The van der Waals surface area contributed by atoms with Gasteiger partial charge in [-0.2, -0.15) is 0 Å². The Hall–Kier alpha value is -4.08. The molecule has 1 saturated carbocycles. The molecular formula is C31H37N5O5. The number of carbonyl (C=O) groups is 2. The Labute approximate surface area is 239 Å². The molecule has 3 atom stereocenters. The van der Waals surface area contributed by atoms with Crippen LogP contribution in [0, 0.1) is 21.4 Å². The number of nitrogens with one attached hydrogen (secondary N) is 1. The number of nitro groups is 1. The van der Waals surface area contributed by atoms with Gasteiger partial charge in [-0.1, -0.05) is 44.5 Å². The fraction of sp³-hybridized carbons (Fsp3) is 0.484. The van der Waals surface area contributed by atoms with Crippen LogP contribution in [-0.2, 0) is 32.7 Å². The number of carbonyl (C=O) groups excluding carboxylic acids is 2. The van der Waals surface area contributed by atoms with Crippen LogP contribution in [0.5, 0.6) is 0 Å². The molecular weight excluding hydrogens is 522 g/mol. The van der Waals surface area contributed by atoms with E-state index in [-0.39, 0.29) is 41.4 Å². The van der Waals surface area contributed by atoms with Gasteiger partial charge in [-0.3, -0.25) is 19.7 Å². The fourth-order valence-corrected chi connectivity index (χ4v) is 7.28. The summed E-state index contributed by atoms with van der Waals surface area (Å²) in [5, 5.41) is 22.4. The van der Waals surface area contributed by atoms with Crippen LogP contribution in [0.4, 0.5) is 11.4 Å². The smallest absolute Gasteiger partial charge is 0.311 e. The van der Waals surface area contributed by atoms with E-state index in [2.05, 4.69) is 55.5 Å². The topological polar surface area (TPSA) is 129 Å². The van der Waals surface area contributed by atoms with Crippen molar-refractivity contribution in [2.24, 2.45) is 11.3 Å². The second-order valence-electron chi connectivity index (χ2n) is 12.1. The lowest BCUT2D eigenvalue weighted by molar-refractivity contribution is -0.384. The van der Waals surface area contributed by atoms with E-state index in [1.807, 2.05) is 0 Å². The first-order chi connectivity index (χ1) is 19.5. The van der Waals surface area contributed by atoms with Crippen LogP contribution in [-0.4, -0.2) is 38.9 Å². The largest absolute Gasteiger partial charge is 0.469 e. The predicted octanol–water partition coefficient (Wildman–Crippen LogP) is 5.80. The normalized spacial score (nSPS) is 23.4. The molecule has 216 valence electrons. The Balaban J connectivity index is 1.41. The molecule has 2 aliphatic rings. The van der Waals surface area contributed by atoms with Crippen molar-refractivity contribution in [3.8, 4) is 11.3 Å². The van der Waals surface area contributed by atoms with Crippen molar-refractivity contribution < 1.29 is 19.2 Å². The summed E-state index contributed by atoms with van der Waals surface area (Å²) in [4.78, 5) is 36.8. The van der Waals surface area contributed by atoms with Crippen LogP contribution in [0.3, 0.4) is 0 Å². The van der Waals surface area contributed by atoms with Crippen LogP contribution < -0.4 is 5.32 Å². The number of aromatic nitrogens is 3. The van der Waals surface area contributed by atoms with Crippen molar-refractivity contribution >= 4 is 23.3 Å². The first-order valence-electron chi connectivity index (χ1n) is 14.2. The summed E-state index contributed by atoms with van der Waals surface area (Å²) in [6.07, 6.45) is 6.02. The second kappa shape index (κ2) is 10.7. The molecule has 1 aromatic heterocycles. The summed E-state index contributed by atoms with van der Waals surface area (Å²) in [7, 11) is 1.48. The van der Waals surface area contributed by atoms with Crippen LogP contribution in [0.1, 0.15) is 76.0 Å². The molecule has 1 fully saturated rings. The van der Waals surface area contributed by atoms with E-state index in [4.69, 9.17) is 4.74 Å². The molecule has 0 bridgehead atoms. The lowest BCUT2D eigenvalue weighted by atomic mass is 9.49. The molecule has 2 aromatic carbocycles. The maximum atomic E-state index is 13.4. The van der Waals surface area contributed by atoms with E-state index in [0.29, 0.717) is 11.3 Å². The van der Waals surface area contributed by atoms with Crippen molar-refractivity contribution in [3.63, 3.8) is 0 Å². The number of esters is 1. The zero-order chi connectivity index (χ0) is 29.5. The maximum Gasteiger partial charge on any atom is 0.311 e. The highest BCUT2D eigenvalue weighted by Gasteiger charge is 2.56. The Morgan fingerprint density at radius 3 is 2.56 bits per heavy atom. The Kier molecular flexibility index (Phi) is 7.44. The third kappa shape index (κ3) is 5.00. The molecule has 5 rings (SSSR count). The van der Waals surface area contributed by atoms with Gasteiger partial charge >= 0.3 is 5.97 Å². The molecule has 0 aliphatic heterocycles. The van der Waals surface area contributed by atoms with Crippen molar-refractivity contribution in [3.05, 3.63) is 69.4 Å². The van der Waals surface area contributed by atoms with E-state index in [9.17, 15) is 19.7 Å². The van der Waals surface area contributed by atoms with Crippen molar-refractivity contribution in [1.82, 2.24) is 15.0 Å². The highest BCUT2D eigenvalue weighted by atomic mass is 16.6. The Bertz CT molecular complexity index is 1500. The minimum Gasteiger partial charge on any atom is -0.469 e. The maximum absolute atomic E-state index is 13.4. The number of rotatable bonds is 7. The van der Waals surface area contributed by atoms with E-state index in [1.165, 1.54) is 29.5 Å². The summed E-state index contributed by atoms with van der Waals surface area (Å²) in [6.45, 7) is 8.54. The van der Waals surface area contributed by atoms with Gasteiger partial charge in [0.25, 0.3) is 5.69 Å². The monoisotopic (exact) mass is 559 g/mol. The summed E-state index contributed by atoms with van der Waals surface area (Å²) in [6, 6.07) is 10.4. The zero-order valence-electron chi connectivity index (χ0n) is 24.3. The molecule has 3 aromatic rings. The minimum atomic E-state index is -0.534. The van der Waals surface area contributed by atoms with Gasteiger partial charge in [0, 0.05) is 23.4 Å². The number of nitrogens with zero attached hydrogens (tertiary/aromatic N) is 4. The molecule has 10 nitrogen and oxygen atoms in total. The molecule has 1 heterocycles. The molecule has 0 spiro atoms. The van der Waals surface area contributed by atoms with Gasteiger partial charge in [-0.05, 0) is 78.7 Å². The summed E-state index contributed by atoms with van der Waals surface area (Å²) >= 11 is 0. The number of hydrogen-bond acceptors (Lipinski definition) is 7. The summed E-state index contributed by atoms with van der Waals surface area (Å²) in [5.41, 5.74) is 4.78. The molecule has 1 amide bonds. The Morgan fingerprint density at radius 2 is 1.90 bits per heavy atom. The lowest BCUT2D eigenvalue weighted by Gasteiger charge is -2.54. The number of fused-ring (bicyclic) bond motifs is 3. The van der Waals surface area contributed by atoms with Crippen molar-refractivity contribution in [2.75, 3.05) is 12.4 Å². The van der Waals surface area contributed by atoms with E-state index >= 15 is 0 Å². The van der Waals surface area contributed by atoms with Crippen LogP contribution in [0.15, 0.2) is 42.6 Å². The number of methoxy groups -OCH3 is 1. The number of hydrogen-bond donors (Lipinski definition) is 1. The second-order valence-corrected chi connectivity index (χ2v) is 12.1. The number of non-ortho nitro benzene ring substituents is 1. The van der Waals surface area contributed by atoms with Crippen LogP contribution >= 0.6 is 0 Å². The van der Waals surface area contributed by atoms with Gasteiger partial charge in [0.2, 0.25) is 5.91 Å². The predicted molar refractivity (Wildman–Crippen MR) is 154 cm³/mol. The molecule has 10 heteroatoms. The number of anilines is 1. The molecule has 0 saturated heterocycles. The van der Waals surface area contributed by atoms with Crippen molar-refractivity contribution in [2.45, 2.75) is 77.7 Å². The molecule has 2 aliphatic carbocycles. The van der Waals surface area contributed by atoms with E-state index in [0.717, 1.165) is 48.9 Å². The van der Waals surface area contributed by atoms with Gasteiger partial charge in [0.1, 0.15) is 12.2 Å². The quantitative estimate of drug-likeness (QED) is 0.220. The summed E-state index contributed by atoms with van der Waals surface area (Å²) in [5.74, 6) is 0.0129. The Morgan fingerprint density at radius 1 is 1.17 bits per heavy atom. The van der Waals surface area contributed by atoms with E-state index in [1.54, 1.807) is 18.3 Å². The molecule has 0 unspecified atom stereocenters. The van der Waals surface area contributed by atoms with Gasteiger partial charge < -0.3 is 10.1 Å². The van der Waals surface area contributed by atoms with Gasteiger partial charge in [0.15, 0.2) is 0 Å². The molecule has 0 radical (unpaired) electrons. The lowest BCUT2D eigenvalue weighted by Crippen LogP contribution is -2.52. The van der Waals surface area contributed by atoms with E-state index < -0.39 is 10.3 Å². The van der Waals surface area contributed by atoms with Crippen molar-refractivity contribution in [1.29, 1.82) is 0 Å². The van der Waals surface area contributed by atoms with Crippen LogP contribution in [0.25, 0.3) is 11.3 Å². The first-order valence-corrected chi connectivity index (χ1v) is 14.2. The van der Waals surface area contributed by atoms with Crippen LogP contribution in [0.2, 0.25) is 0 Å². The molecule has 1 N–H and O–H groups in total. The van der Waals surface area contributed by atoms with Gasteiger partial charge in [-0.15, -0.1) is 5.10 Å². The van der Waals surface area contributed by atoms with Gasteiger partial charge in [0.05, 0.1) is 23.6 Å². The summed E-state index contributed by atoms with van der Waals surface area (Å²) < 4.78 is 6.74. The minimum absolute atomic E-state index is 0.00370. The first kappa shape index (κ1) is 28.4. The standard InChI is InChI=1S/C31H37N5O5/c1-19(2)22-11-13-24-23(12-14-26-30(24,3)15-6-16-31(26,4)29(38)41-5)28(22)32-27(37)18-35-17-25(33-34-35)20-7-9-21(10-8-20)36(39)40/h7-11,13,17,19,26H,6,12,14-16,18H2,1-5H3,(H,32,37)/t26-,30-,31-/m1/s1. The third-order valence-corrected chi connectivity index (χ3v) is 9.33.